The number of ether oxygens (including phenoxy) is 4. The fraction of sp³-hybridized carbons (Fsp3) is 1.00. The molecule has 2 rings (SSSR count). The lowest BCUT2D eigenvalue weighted by atomic mass is 9.97. The van der Waals surface area contributed by atoms with E-state index in [-0.39, 0.29) is 6.61 Å². The van der Waals surface area contributed by atoms with Gasteiger partial charge in [0.1, 0.15) is 48.8 Å². The van der Waals surface area contributed by atoms with E-state index in [2.05, 4.69) is 0 Å². The second-order valence-corrected chi connectivity index (χ2v) is 6.38. The average molecular weight is 384 g/mol. The van der Waals surface area contributed by atoms with Gasteiger partial charge in [-0.25, -0.2) is 0 Å². The first-order chi connectivity index (χ1) is 12.3. The fourth-order valence-electron chi connectivity index (χ4n) is 2.93. The van der Waals surface area contributed by atoms with Crippen LogP contribution < -0.4 is 0 Å². The summed E-state index contributed by atoms with van der Waals surface area (Å²) in [4.78, 5) is 0. The first-order valence-corrected chi connectivity index (χ1v) is 8.55. The van der Waals surface area contributed by atoms with Gasteiger partial charge in [-0.15, -0.1) is 0 Å². The number of hydrogen-bond donors (Lipinski definition) is 7. The van der Waals surface area contributed by atoms with Gasteiger partial charge in [0.2, 0.25) is 0 Å². The van der Waals surface area contributed by atoms with Gasteiger partial charge in [-0.05, 0) is 6.42 Å². The molecule has 2 heterocycles. The van der Waals surface area contributed by atoms with Crippen molar-refractivity contribution >= 4 is 0 Å². The van der Waals surface area contributed by atoms with Crippen molar-refractivity contribution in [3.63, 3.8) is 0 Å². The Morgan fingerprint density at radius 3 is 1.88 bits per heavy atom. The Morgan fingerprint density at radius 2 is 1.31 bits per heavy atom. The normalized spacial score (nSPS) is 47.1. The molecule has 7 N–H and O–H groups in total. The Bertz CT molecular complexity index is 420. The minimum atomic E-state index is -1.69. The van der Waals surface area contributed by atoms with Crippen molar-refractivity contribution in [3.05, 3.63) is 0 Å². The van der Waals surface area contributed by atoms with Crippen molar-refractivity contribution in [1.29, 1.82) is 0 Å². The molecule has 0 aromatic heterocycles. The van der Waals surface area contributed by atoms with Gasteiger partial charge in [0.15, 0.2) is 12.6 Å². The van der Waals surface area contributed by atoms with E-state index < -0.39 is 74.6 Å². The molecular weight excluding hydrogens is 356 g/mol. The lowest BCUT2D eigenvalue weighted by molar-refractivity contribution is -0.359. The molecule has 0 spiro atoms. The maximum Gasteiger partial charge on any atom is 0.187 e. The maximum atomic E-state index is 10.3. The zero-order valence-electron chi connectivity index (χ0n) is 14.4. The quantitative estimate of drug-likeness (QED) is 0.228. The molecule has 0 radical (unpaired) electrons. The van der Waals surface area contributed by atoms with E-state index in [9.17, 15) is 35.7 Å². The predicted molar refractivity (Wildman–Crippen MR) is 82.6 cm³/mol. The lowest BCUT2D eigenvalue weighted by Gasteiger charge is -2.45. The predicted octanol–water partition coefficient (Wildman–Crippen LogP) is -3.96. The van der Waals surface area contributed by atoms with Gasteiger partial charge in [-0.3, -0.25) is 0 Å². The summed E-state index contributed by atoms with van der Waals surface area (Å²) in [7, 11) is 0. The number of hydrogen-bond acceptors (Lipinski definition) is 11. The Kier molecular flexibility index (Phi) is 8.12. The molecule has 2 aliphatic rings. The summed E-state index contributed by atoms with van der Waals surface area (Å²) in [6, 6.07) is 0. The molecule has 154 valence electrons. The molecule has 0 bridgehead atoms. The van der Waals surface area contributed by atoms with Crippen LogP contribution in [0, 0.1) is 0 Å². The molecule has 2 aliphatic heterocycles. The summed E-state index contributed by atoms with van der Waals surface area (Å²) < 4.78 is 21.3. The van der Waals surface area contributed by atoms with Gasteiger partial charge < -0.3 is 54.7 Å². The van der Waals surface area contributed by atoms with Gasteiger partial charge in [-0.1, -0.05) is 6.92 Å². The minimum Gasteiger partial charge on any atom is -0.394 e. The number of aliphatic hydroxyl groups is 7. The first kappa shape index (κ1) is 21.9. The molecule has 0 aliphatic carbocycles. The van der Waals surface area contributed by atoms with Gasteiger partial charge in [-0.2, -0.15) is 0 Å². The topological polar surface area (TPSA) is 179 Å². The minimum absolute atomic E-state index is 0.269. The van der Waals surface area contributed by atoms with Crippen LogP contribution in [0.1, 0.15) is 13.3 Å². The maximum absolute atomic E-state index is 10.3. The Balaban J connectivity index is 2.09. The first-order valence-electron chi connectivity index (χ1n) is 8.55. The Hall–Kier alpha value is -0.440. The molecule has 4 unspecified atom stereocenters. The van der Waals surface area contributed by atoms with Gasteiger partial charge in [0.05, 0.1) is 13.2 Å². The second-order valence-electron chi connectivity index (χ2n) is 6.38. The summed E-state index contributed by atoms with van der Waals surface area (Å²) in [6.45, 7) is 0.885. The van der Waals surface area contributed by atoms with Crippen LogP contribution >= 0.6 is 0 Å². The molecule has 11 heteroatoms. The third kappa shape index (κ3) is 4.51. The fourth-order valence-corrected chi connectivity index (χ4v) is 2.93. The van der Waals surface area contributed by atoms with Crippen LogP contribution in [0.2, 0.25) is 0 Å². The highest BCUT2D eigenvalue weighted by atomic mass is 16.7. The van der Waals surface area contributed by atoms with E-state index >= 15 is 0 Å². The summed E-state index contributed by atoms with van der Waals surface area (Å²) in [5.74, 6) is 0. The molecule has 0 amide bonds. The molecule has 10 atom stereocenters. The highest BCUT2D eigenvalue weighted by molar-refractivity contribution is 4.94. The highest BCUT2D eigenvalue weighted by Gasteiger charge is 2.50. The third-order valence-electron chi connectivity index (χ3n) is 4.45. The number of aliphatic hydroxyl groups excluding tert-OH is 7. The van der Waals surface area contributed by atoms with Gasteiger partial charge in [0.25, 0.3) is 0 Å². The van der Waals surface area contributed by atoms with Crippen LogP contribution in [0.4, 0.5) is 0 Å². The van der Waals surface area contributed by atoms with Crippen molar-refractivity contribution < 1.29 is 54.7 Å². The van der Waals surface area contributed by atoms with Crippen molar-refractivity contribution in [3.8, 4) is 0 Å². The third-order valence-corrected chi connectivity index (χ3v) is 4.45. The van der Waals surface area contributed by atoms with Gasteiger partial charge >= 0.3 is 0 Å². The van der Waals surface area contributed by atoms with E-state index in [0.29, 0.717) is 6.42 Å². The van der Waals surface area contributed by atoms with Gasteiger partial charge in [0, 0.05) is 6.61 Å². The SMILES string of the molecule is CCCO[C@@H]1OC(CO)[C@@H](O[C@H]2OC(CO)[C@@H](O)[C@H](O)C2O)[C@H](O)C1O. The summed E-state index contributed by atoms with van der Waals surface area (Å²) in [6.07, 6.45) is -13.6. The Morgan fingerprint density at radius 1 is 0.731 bits per heavy atom. The van der Waals surface area contributed by atoms with Crippen LogP contribution in [0.25, 0.3) is 0 Å². The summed E-state index contributed by atoms with van der Waals surface area (Å²) >= 11 is 0. The van der Waals surface area contributed by atoms with E-state index in [1.54, 1.807) is 0 Å². The molecule has 26 heavy (non-hydrogen) atoms. The van der Waals surface area contributed by atoms with Crippen molar-refractivity contribution in [2.45, 2.75) is 74.8 Å². The zero-order valence-corrected chi connectivity index (χ0v) is 14.4. The molecule has 0 aromatic carbocycles. The van der Waals surface area contributed by atoms with Crippen LogP contribution in [-0.2, 0) is 18.9 Å². The van der Waals surface area contributed by atoms with E-state index in [1.807, 2.05) is 6.92 Å². The monoisotopic (exact) mass is 384 g/mol. The van der Waals surface area contributed by atoms with Crippen LogP contribution in [0.3, 0.4) is 0 Å². The highest BCUT2D eigenvalue weighted by Crippen LogP contribution is 2.29. The van der Waals surface area contributed by atoms with Crippen molar-refractivity contribution in [1.82, 2.24) is 0 Å². The summed E-state index contributed by atoms with van der Waals surface area (Å²) in [5.41, 5.74) is 0. The molecular formula is C15H28O11. The molecule has 2 fully saturated rings. The van der Waals surface area contributed by atoms with Crippen molar-refractivity contribution in [2.75, 3.05) is 19.8 Å². The molecule has 11 nitrogen and oxygen atoms in total. The van der Waals surface area contributed by atoms with E-state index in [0.717, 1.165) is 0 Å². The standard InChI is InChI=1S/C15H28O11/c1-2-3-23-14-12(22)10(20)13(7(5-17)25-14)26-15-11(21)9(19)8(18)6(4-16)24-15/h6-22H,2-5H2,1H3/t6?,7?,8-,9+,10-,11?,12?,13-,14-,15-/m1/s1. The van der Waals surface area contributed by atoms with Crippen molar-refractivity contribution in [2.24, 2.45) is 0 Å². The summed E-state index contributed by atoms with van der Waals surface area (Å²) in [5, 5.41) is 68.7. The largest absolute Gasteiger partial charge is 0.394 e. The molecule has 0 saturated carbocycles. The zero-order chi connectivity index (χ0) is 19.4. The molecule has 2 saturated heterocycles. The Labute approximate surface area is 150 Å². The van der Waals surface area contributed by atoms with Crippen LogP contribution in [-0.4, -0.2) is 117 Å². The van der Waals surface area contributed by atoms with Crippen LogP contribution in [0.15, 0.2) is 0 Å². The second kappa shape index (κ2) is 9.66. The smallest absolute Gasteiger partial charge is 0.187 e. The lowest BCUT2D eigenvalue weighted by Crippen LogP contribution is -2.64. The van der Waals surface area contributed by atoms with E-state index in [1.165, 1.54) is 0 Å². The molecule has 0 aromatic rings. The average Bonchev–Trinajstić information content (AvgIpc) is 2.64. The number of rotatable bonds is 7. The van der Waals surface area contributed by atoms with E-state index in [4.69, 9.17) is 18.9 Å². The van der Waals surface area contributed by atoms with Crippen LogP contribution in [0.5, 0.6) is 0 Å².